The summed E-state index contributed by atoms with van der Waals surface area (Å²) in [5.74, 6) is 1.90. The molecule has 0 unspecified atom stereocenters. The van der Waals surface area contributed by atoms with Crippen LogP contribution in [0.2, 0.25) is 0 Å². The van der Waals surface area contributed by atoms with Crippen LogP contribution >= 0.6 is 0 Å². The van der Waals surface area contributed by atoms with Crippen molar-refractivity contribution in [3.63, 3.8) is 0 Å². The van der Waals surface area contributed by atoms with Crippen molar-refractivity contribution in [1.29, 1.82) is 0 Å². The van der Waals surface area contributed by atoms with Crippen LogP contribution in [0.15, 0.2) is 217 Å². The third-order valence-electron chi connectivity index (χ3n) is 12.4. The highest BCUT2D eigenvalue weighted by molar-refractivity contribution is 6.14. The summed E-state index contributed by atoms with van der Waals surface area (Å²) in [5.41, 5.74) is 13.5. The van der Waals surface area contributed by atoms with E-state index in [1.54, 1.807) is 0 Å². The van der Waals surface area contributed by atoms with Crippen molar-refractivity contribution < 1.29 is 4.42 Å². The van der Waals surface area contributed by atoms with E-state index in [0.29, 0.717) is 17.5 Å². The number of hydrogen-bond donors (Lipinski definition) is 0. The highest BCUT2D eigenvalue weighted by Gasteiger charge is 2.20. The van der Waals surface area contributed by atoms with Crippen LogP contribution in [-0.2, 0) is 0 Å². The zero-order valence-electron chi connectivity index (χ0n) is 33.9. The Hall–Kier alpha value is -8.61. The third kappa shape index (κ3) is 5.62. The molecule has 13 rings (SSSR count). The van der Waals surface area contributed by atoms with Gasteiger partial charge in [0.15, 0.2) is 23.1 Å². The van der Waals surface area contributed by atoms with Gasteiger partial charge < -0.3 is 13.6 Å². The smallest absolute Gasteiger partial charge is 0.164 e. The van der Waals surface area contributed by atoms with Crippen LogP contribution in [0.4, 0.5) is 0 Å². The fourth-order valence-electron chi connectivity index (χ4n) is 9.47. The fourth-order valence-corrected chi connectivity index (χ4v) is 9.47. The Bertz CT molecular complexity index is 3860. The van der Waals surface area contributed by atoms with E-state index >= 15 is 0 Å². The van der Waals surface area contributed by atoms with Gasteiger partial charge >= 0.3 is 0 Å². The van der Waals surface area contributed by atoms with Crippen LogP contribution in [0.1, 0.15) is 0 Å². The highest BCUT2D eigenvalue weighted by atomic mass is 16.3. The second kappa shape index (κ2) is 14.0. The van der Waals surface area contributed by atoms with Gasteiger partial charge in [0.2, 0.25) is 0 Å². The van der Waals surface area contributed by atoms with E-state index in [2.05, 4.69) is 149 Å². The Morgan fingerprint density at radius 1 is 0.302 bits per heavy atom. The van der Waals surface area contributed by atoms with Crippen LogP contribution in [0, 0.1) is 0 Å². The van der Waals surface area contributed by atoms with Gasteiger partial charge in [0.05, 0.1) is 27.8 Å². The summed E-state index contributed by atoms with van der Waals surface area (Å²) in [5, 5.41) is 7.01. The average Bonchev–Trinajstić information content (AvgIpc) is 4.02. The molecular formula is C57H35N5O. The van der Waals surface area contributed by atoms with Gasteiger partial charge in [-0.1, -0.05) is 152 Å². The van der Waals surface area contributed by atoms with Crippen molar-refractivity contribution in [3.05, 3.63) is 212 Å². The number of hydrogen-bond acceptors (Lipinski definition) is 4. The van der Waals surface area contributed by atoms with Gasteiger partial charge in [-0.15, -0.1) is 0 Å². The summed E-state index contributed by atoms with van der Waals surface area (Å²) in [6.45, 7) is 0. The lowest BCUT2D eigenvalue weighted by molar-refractivity contribution is 0.666. The fraction of sp³-hybridized carbons (Fsp3) is 0. The standard InChI is InChI=1S/C57H35N5O/c1-3-15-36(16-4-1)55-58-56(37-17-5-2-6-18-37)60-57(59-55)40-19-13-20-41(33-40)61-48-25-10-7-21-42(48)46-34-38(29-31-50(46)61)39-30-32-51-47(35-39)43-22-8-11-26-49(43)62(51)52-27-14-24-45-44-23-9-12-28-53(44)63-54(45)52/h1-35H. The Labute approximate surface area is 361 Å². The number of aromatic nitrogens is 5. The van der Waals surface area contributed by atoms with Gasteiger partial charge in [-0.3, -0.25) is 0 Å². The summed E-state index contributed by atoms with van der Waals surface area (Å²) < 4.78 is 11.3. The molecule has 0 radical (unpaired) electrons. The van der Waals surface area contributed by atoms with Crippen molar-refractivity contribution in [1.82, 2.24) is 24.1 Å². The normalized spacial score (nSPS) is 11.8. The molecule has 0 aliphatic rings. The molecule has 0 bridgehead atoms. The Morgan fingerprint density at radius 2 is 0.778 bits per heavy atom. The molecule has 6 nitrogen and oxygen atoms in total. The van der Waals surface area contributed by atoms with E-state index < -0.39 is 0 Å². The van der Waals surface area contributed by atoms with Crippen LogP contribution in [0.5, 0.6) is 0 Å². The molecule has 0 N–H and O–H groups in total. The Kier molecular flexibility index (Phi) is 7.80. The van der Waals surface area contributed by atoms with Gasteiger partial charge in [0.1, 0.15) is 5.58 Å². The van der Waals surface area contributed by atoms with Crippen LogP contribution in [-0.4, -0.2) is 24.1 Å². The number of para-hydroxylation sites is 4. The first-order valence-corrected chi connectivity index (χ1v) is 21.2. The predicted molar refractivity (Wildman–Crippen MR) is 258 cm³/mol. The largest absolute Gasteiger partial charge is 0.454 e. The van der Waals surface area contributed by atoms with Crippen LogP contribution < -0.4 is 0 Å². The van der Waals surface area contributed by atoms with Gasteiger partial charge in [-0.2, -0.15) is 0 Å². The molecule has 294 valence electrons. The molecule has 0 fully saturated rings. The first-order valence-electron chi connectivity index (χ1n) is 21.2. The second-order valence-electron chi connectivity index (χ2n) is 16.0. The zero-order chi connectivity index (χ0) is 41.4. The van der Waals surface area contributed by atoms with E-state index in [1.807, 2.05) is 72.8 Å². The Balaban J connectivity index is 0.942. The number of rotatable bonds is 6. The molecule has 4 aromatic heterocycles. The topological polar surface area (TPSA) is 61.7 Å². The summed E-state index contributed by atoms with van der Waals surface area (Å²) in [6, 6.07) is 74.5. The van der Waals surface area contributed by atoms with E-state index in [1.165, 1.54) is 21.5 Å². The molecule has 0 aliphatic heterocycles. The lowest BCUT2D eigenvalue weighted by Crippen LogP contribution is -2.01. The lowest BCUT2D eigenvalue weighted by Gasteiger charge is -2.12. The van der Waals surface area contributed by atoms with Crippen LogP contribution in [0.25, 0.3) is 122 Å². The van der Waals surface area contributed by atoms with Gasteiger partial charge in [-0.05, 0) is 71.8 Å². The summed E-state index contributed by atoms with van der Waals surface area (Å²) >= 11 is 0. The predicted octanol–water partition coefficient (Wildman–Crippen LogP) is 14.6. The summed E-state index contributed by atoms with van der Waals surface area (Å²) in [6.07, 6.45) is 0. The lowest BCUT2D eigenvalue weighted by atomic mass is 10.0. The molecule has 0 saturated heterocycles. The van der Waals surface area contributed by atoms with Gasteiger partial charge in [-0.25, -0.2) is 15.0 Å². The molecule has 0 amide bonds. The molecule has 6 heteroatoms. The molecule has 0 spiro atoms. The maximum Gasteiger partial charge on any atom is 0.164 e. The van der Waals surface area contributed by atoms with Crippen molar-refractivity contribution in [2.75, 3.05) is 0 Å². The van der Waals surface area contributed by atoms with Crippen molar-refractivity contribution >= 4 is 65.6 Å². The number of furan rings is 1. The molecule has 0 aliphatic carbocycles. The zero-order valence-corrected chi connectivity index (χ0v) is 33.9. The molecule has 9 aromatic carbocycles. The van der Waals surface area contributed by atoms with Gasteiger partial charge in [0.25, 0.3) is 0 Å². The summed E-state index contributed by atoms with van der Waals surface area (Å²) in [4.78, 5) is 15.0. The first-order chi connectivity index (χ1) is 31.2. The number of benzene rings is 9. The average molecular weight is 806 g/mol. The molecule has 13 aromatic rings. The minimum atomic E-state index is 0.624. The molecule has 0 atom stereocenters. The van der Waals surface area contributed by atoms with Crippen molar-refractivity contribution in [2.24, 2.45) is 0 Å². The third-order valence-corrected chi connectivity index (χ3v) is 12.4. The second-order valence-corrected chi connectivity index (χ2v) is 16.0. The molecule has 4 heterocycles. The molecule has 63 heavy (non-hydrogen) atoms. The van der Waals surface area contributed by atoms with E-state index in [9.17, 15) is 0 Å². The maximum atomic E-state index is 6.55. The minimum absolute atomic E-state index is 0.624. The first kappa shape index (κ1) is 35.2. The molecule has 0 saturated carbocycles. The number of fused-ring (bicyclic) bond motifs is 9. The molecular weight excluding hydrogens is 771 g/mol. The van der Waals surface area contributed by atoms with E-state index in [4.69, 9.17) is 19.4 Å². The Morgan fingerprint density at radius 3 is 1.43 bits per heavy atom. The van der Waals surface area contributed by atoms with Gasteiger partial charge in [0, 0.05) is 54.7 Å². The van der Waals surface area contributed by atoms with E-state index in [0.717, 1.165) is 83.2 Å². The quantitative estimate of drug-likeness (QED) is 0.168. The van der Waals surface area contributed by atoms with Crippen LogP contribution in [0.3, 0.4) is 0 Å². The maximum absolute atomic E-state index is 6.55. The number of nitrogens with zero attached hydrogens (tertiary/aromatic N) is 5. The summed E-state index contributed by atoms with van der Waals surface area (Å²) in [7, 11) is 0. The minimum Gasteiger partial charge on any atom is -0.454 e. The highest BCUT2D eigenvalue weighted by Crippen LogP contribution is 2.41. The van der Waals surface area contributed by atoms with E-state index in [-0.39, 0.29) is 0 Å². The van der Waals surface area contributed by atoms with Crippen molar-refractivity contribution in [3.8, 4) is 56.7 Å². The monoisotopic (exact) mass is 805 g/mol. The SMILES string of the molecule is c1ccc(-c2nc(-c3ccccc3)nc(-c3cccc(-n4c5ccccc5c5cc(-c6ccc7c(c6)c6ccccc6n7-c6cccc7c6oc6ccccc67)ccc54)c3)n2)cc1. The van der Waals surface area contributed by atoms with Crippen molar-refractivity contribution in [2.45, 2.75) is 0 Å².